The number of rotatable bonds is 87. The number of aliphatic hydroxyl groups is 1. The second-order valence-electron chi connectivity index (χ2n) is 33.4. The van der Waals surface area contributed by atoms with Gasteiger partial charge in [-0.3, -0.25) is 37.3 Å². The van der Waals surface area contributed by atoms with Gasteiger partial charge in [-0.25, -0.2) is 9.13 Å². The molecule has 0 fully saturated rings. The highest BCUT2D eigenvalue weighted by atomic mass is 31.2. The molecule has 0 heterocycles. The van der Waals surface area contributed by atoms with Gasteiger partial charge in [-0.05, 0) is 43.4 Å². The van der Waals surface area contributed by atoms with E-state index in [1.807, 2.05) is 0 Å². The Balaban J connectivity index is 5.25. The van der Waals surface area contributed by atoms with E-state index in [4.69, 9.17) is 37.0 Å². The first kappa shape index (κ1) is 106. The summed E-state index contributed by atoms with van der Waals surface area (Å²) in [6.07, 6.45) is 70.9. The van der Waals surface area contributed by atoms with Crippen molar-refractivity contribution in [1.29, 1.82) is 0 Å². The van der Waals surface area contributed by atoms with Gasteiger partial charge in [0.1, 0.15) is 19.3 Å². The number of hydrogen-bond donors (Lipinski definition) is 3. The van der Waals surface area contributed by atoms with Crippen molar-refractivity contribution >= 4 is 39.5 Å². The maximum atomic E-state index is 13.2. The number of carbonyl (C=O) groups is 4. The van der Waals surface area contributed by atoms with Gasteiger partial charge in [0, 0.05) is 25.7 Å². The molecule has 0 saturated carbocycles. The van der Waals surface area contributed by atoms with Crippen LogP contribution in [0.5, 0.6) is 0 Å². The lowest BCUT2D eigenvalue weighted by Gasteiger charge is -2.21. The zero-order chi connectivity index (χ0) is 79.3. The average Bonchev–Trinajstić information content (AvgIpc) is 0.899. The van der Waals surface area contributed by atoms with Crippen LogP contribution in [0.4, 0.5) is 0 Å². The third-order valence-electron chi connectivity index (χ3n) is 20.9. The van der Waals surface area contributed by atoms with Crippen LogP contribution in [0.1, 0.15) is 472 Å². The van der Waals surface area contributed by atoms with Crippen LogP contribution in [-0.2, 0) is 65.4 Å². The van der Waals surface area contributed by atoms with Crippen molar-refractivity contribution in [2.24, 2.45) is 17.8 Å². The maximum Gasteiger partial charge on any atom is 0.472 e. The van der Waals surface area contributed by atoms with Crippen molar-refractivity contribution in [1.82, 2.24) is 0 Å². The SMILES string of the molecule is CCCCCCCCCCCCCCCCCCCCCCCCC(=O)O[C@H](COC(=O)CCCCCCCCCCCCCCCCCC(C)C)COP(=O)(O)OC[C@@H](O)COP(=O)(O)OC[C@@H](COC(=O)CCCCCCCCCCCC(C)C)OC(=O)CCCCCCCCCCCCCCCC(C)C. The Labute approximate surface area is 664 Å². The van der Waals surface area contributed by atoms with E-state index < -0.39 is 97.5 Å². The molecule has 2 unspecified atom stereocenters. The Hall–Kier alpha value is -1.94. The summed E-state index contributed by atoms with van der Waals surface area (Å²) in [5.41, 5.74) is 0. The maximum absolute atomic E-state index is 13.2. The molecule has 108 heavy (non-hydrogen) atoms. The molecule has 0 saturated heterocycles. The summed E-state index contributed by atoms with van der Waals surface area (Å²) in [5.74, 6) is 0.235. The fourth-order valence-corrected chi connectivity index (χ4v) is 15.5. The summed E-state index contributed by atoms with van der Waals surface area (Å²) in [5, 5.41) is 10.7. The van der Waals surface area contributed by atoms with Gasteiger partial charge in [0.15, 0.2) is 12.2 Å². The Bertz CT molecular complexity index is 2080. The topological polar surface area (TPSA) is 237 Å². The van der Waals surface area contributed by atoms with Gasteiger partial charge in [0.2, 0.25) is 0 Å². The van der Waals surface area contributed by atoms with Gasteiger partial charge >= 0.3 is 39.5 Å². The molecular formula is C89H174O17P2. The summed E-state index contributed by atoms with van der Waals surface area (Å²) in [6.45, 7) is 12.0. The van der Waals surface area contributed by atoms with Crippen LogP contribution in [0.25, 0.3) is 0 Å². The van der Waals surface area contributed by atoms with E-state index in [1.54, 1.807) is 0 Å². The summed E-state index contributed by atoms with van der Waals surface area (Å²) in [6, 6.07) is 0. The van der Waals surface area contributed by atoms with Gasteiger partial charge in [0.25, 0.3) is 0 Å². The van der Waals surface area contributed by atoms with Gasteiger partial charge in [-0.2, -0.15) is 0 Å². The molecule has 0 aliphatic heterocycles. The number of aliphatic hydroxyl groups excluding tert-OH is 1. The first-order valence-electron chi connectivity index (χ1n) is 45.8. The van der Waals surface area contributed by atoms with E-state index in [0.717, 1.165) is 108 Å². The number of phosphoric ester groups is 2. The molecule has 0 bridgehead atoms. The van der Waals surface area contributed by atoms with E-state index in [0.29, 0.717) is 25.7 Å². The molecular weight excluding hydrogens is 1400 g/mol. The molecule has 0 aliphatic rings. The summed E-state index contributed by atoms with van der Waals surface area (Å²) < 4.78 is 69.0. The van der Waals surface area contributed by atoms with Crippen molar-refractivity contribution in [2.75, 3.05) is 39.6 Å². The molecule has 0 spiro atoms. The van der Waals surface area contributed by atoms with Crippen LogP contribution in [0.15, 0.2) is 0 Å². The third-order valence-corrected chi connectivity index (χ3v) is 22.8. The Kier molecular flexibility index (Phi) is 77.5. The second kappa shape index (κ2) is 78.9. The monoisotopic (exact) mass is 1580 g/mol. The number of ether oxygens (including phenoxy) is 4. The molecule has 0 aromatic rings. The van der Waals surface area contributed by atoms with Crippen LogP contribution in [0.3, 0.4) is 0 Å². The molecule has 0 aromatic heterocycles. The molecule has 5 atom stereocenters. The molecule has 19 heteroatoms. The minimum absolute atomic E-state index is 0.107. The number of unbranched alkanes of at least 4 members (excludes halogenated alkanes) is 55. The lowest BCUT2D eigenvalue weighted by Crippen LogP contribution is -2.30. The molecule has 0 radical (unpaired) electrons. The van der Waals surface area contributed by atoms with Crippen LogP contribution in [0, 0.1) is 17.8 Å². The minimum atomic E-state index is -4.97. The van der Waals surface area contributed by atoms with E-state index in [2.05, 4.69) is 48.5 Å². The van der Waals surface area contributed by atoms with Crippen molar-refractivity contribution < 1.29 is 80.2 Å². The summed E-state index contributed by atoms with van der Waals surface area (Å²) >= 11 is 0. The van der Waals surface area contributed by atoms with Crippen LogP contribution >= 0.6 is 15.6 Å². The first-order valence-corrected chi connectivity index (χ1v) is 48.8. The van der Waals surface area contributed by atoms with Crippen molar-refractivity contribution in [3.63, 3.8) is 0 Å². The third kappa shape index (κ3) is 82.1. The standard InChI is InChI=1S/C89H174O17P2/c1-8-9-10-11-12-13-14-15-16-17-18-19-20-21-22-25-31-36-43-51-58-65-72-88(93)105-84(76-99-86(91)70-63-56-49-42-35-30-26-23-24-28-33-39-46-53-60-67-80(2)3)78-103-107(95,96)101-74-83(90)75-102-108(97,98)104-79-85(77-100-87(92)71-64-57-50-45-38-41-48-55-62-69-82(6)7)106-89(94)73-66-59-52-44-37-32-27-29-34-40-47-54-61-68-81(4)5/h80-85,90H,8-79H2,1-7H3,(H,95,96)(H,97,98)/t83-,84-,85-/m1/s1. The highest BCUT2D eigenvalue weighted by Gasteiger charge is 2.31. The molecule has 17 nitrogen and oxygen atoms in total. The van der Waals surface area contributed by atoms with Crippen LogP contribution in [0.2, 0.25) is 0 Å². The molecule has 642 valence electrons. The predicted octanol–water partition coefficient (Wildman–Crippen LogP) is 27.3. The van der Waals surface area contributed by atoms with Gasteiger partial charge < -0.3 is 33.8 Å². The lowest BCUT2D eigenvalue weighted by molar-refractivity contribution is -0.161. The summed E-state index contributed by atoms with van der Waals surface area (Å²) in [4.78, 5) is 73.4. The normalized spacial score (nSPS) is 13.8. The zero-order valence-corrected chi connectivity index (χ0v) is 73.1. The molecule has 0 amide bonds. The highest BCUT2D eigenvalue weighted by molar-refractivity contribution is 7.47. The van der Waals surface area contributed by atoms with E-state index >= 15 is 0 Å². The van der Waals surface area contributed by atoms with E-state index in [1.165, 1.54) is 283 Å². The number of carbonyl (C=O) groups excluding carboxylic acids is 4. The molecule has 0 aliphatic carbocycles. The quantitative estimate of drug-likeness (QED) is 0.0222. The second-order valence-corrected chi connectivity index (χ2v) is 36.3. The zero-order valence-electron chi connectivity index (χ0n) is 71.3. The van der Waals surface area contributed by atoms with Crippen LogP contribution in [-0.4, -0.2) is 96.7 Å². The number of hydrogen-bond acceptors (Lipinski definition) is 15. The van der Waals surface area contributed by atoms with Gasteiger partial charge in [0.05, 0.1) is 26.4 Å². The van der Waals surface area contributed by atoms with Crippen LogP contribution < -0.4 is 0 Å². The van der Waals surface area contributed by atoms with Gasteiger partial charge in [-0.15, -0.1) is 0 Å². The first-order chi connectivity index (χ1) is 52.2. The molecule has 0 aromatic carbocycles. The molecule has 3 N–H and O–H groups in total. The highest BCUT2D eigenvalue weighted by Crippen LogP contribution is 2.45. The van der Waals surface area contributed by atoms with Gasteiger partial charge in [-0.1, -0.05) is 421 Å². The fraction of sp³-hybridized carbons (Fsp3) is 0.955. The number of esters is 4. The predicted molar refractivity (Wildman–Crippen MR) is 446 cm³/mol. The fourth-order valence-electron chi connectivity index (χ4n) is 13.9. The van der Waals surface area contributed by atoms with E-state index in [9.17, 15) is 43.2 Å². The Morgan fingerprint density at radius 3 is 0.630 bits per heavy atom. The lowest BCUT2D eigenvalue weighted by atomic mass is 10.0. The minimum Gasteiger partial charge on any atom is -0.462 e. The van der Waals surface area contributed by atoms with E-state index in [-0.39, 0.29) is 25.7 Å². The summed E-state index contributed by atoms with van der Waals surface area (Å²) in [7, 11) is -9.93. The van der Waals surface area contributed by atoms with Crippen molar-refractivity contribution in [2.45, 2.75) is 491 Å². The van der Waals surface area contributed by atoms with Crippen molar-refractivity contribution in [3.05, 3.63) is 0 Å². The average molecular weight is 1580 g/mol. The largest absolute Gasteiger partial charge is 0.472 e. The Morgan fingerprint density at radius 1 is 0.250 bits per heavy atom. The van der Waals surface area contributed by atoms with Crippen molar-refractivity contribution in [3.8, 4) is 0 Å². The smallest absolute Gasteiger partial charge is 0.462 e. The Morgan fingerprint density at radius 2 is 0.426 bits per heavy atom. The number of phosphoric acid groups is 2. The molecule has 0 rings (SSSR count).